The number of thioether (sulfide) groups is 1. The average molecular weight is 300 g/mol. The van der Waals surface area contributed by atoms with E-state index in [1.807, 2.05) is 23.9 Å². The Bertz CT molecular complexity index is 660. The molecular formula is C16H16N2O2S. The van der Waals surface area contributed by atoms with Crippen molar-refractivity contribution in [1.82, 2.24) is 5.32 Å². The zero-order valence-corrected chi connectivity index (χ0v) is 12.3. The van der Waals surface area contributed by atoms with Crippen molar-refractivity contribution in [2.45, 2.75) is 17.4 Å². The first kappa shape index (κ1) is 14.1. The van der Waals surface area contributed by atoms with E-state index in [0.717, 1.165) is 17.9 Å². The van der Waals surface area contributed by atoms with Crippen molar-refractivity contribution < 1.29 is 4.92 Å². The molecule has 0 spiro atoms. The number of hydrogen-bond donors (Lipinski definition) is 1. The van der Waals surface area contributed by atoms with Crippen LogP contribution >= 0.6 is 11.8 Å². The highest BCUT2D eigenvalue weighted by Gasteiger charge is 2.22. The maximum absolute atomic E-state index is 11.0. The van der Waals surface area contributed by atoms with Crippen LogP contribution in [0.2, 0.25) is 0 Å². The Balaban J connectivity index is 1.62. The van der Waals surface area contributed by atoms with E-state index in [-0.39, 0.29) is 10.6 Å². The molecule has 0 aliphatic carbocycles. The molecule has 0 radical (unpaired) electrons. The summed E-state index contributed by atoms with van der Waals surface area (Å²) in [7, 11) is 0. The van der Waals surface area contributed by atoms with Gasteiger partial charge in [-0.15, -0.1) is 11.8 Å². The van der Waals surface area contributed by atoms with E-state index in [1.165, 1.54) is 10.5 Å². The smallest absolute Gasteiger partial charge is 0.273 e. The molecule has 1 heterocycles. The van der Waals surface area contributed by atoms with Crippen LogP contribution in [0.1, 0.15) is 17.0 Å². The van der Waals surface area contributed by atoms with Crippen LogP contribution in [0.4, 0.5) is 5.69 Å². The van der Waals surface area contributed by atoms with Crippen LogP contribution in [0, 0.1) is 10.1 Å². The minimum Gasteiger partial charge on any atom is -0.312 e. The maximum atomic E-state index is 11.0. The van der Waals surface area contributed by atoms with E-state index >= 15 is 0 Å². The minimum atomic E-state index is -0.322. The molecule has 0 saturated carbocycles. The second-order valence-electron chi connectivity index (χ2n) is 5.06. The minimum absolute atomic E-state index is 0.186. The molecular weight excluding hydrogens is 284 g/mol. The average Bonchev–Trinajstić information content (AvgIpc) is 2.91. The summed E-state index contributed by atoms with van der Waals surface area (Å²) in [6.07, 6.45) is 0. The molecule has 5 heteroatoms. The molecule has 0 amide bonds. The second kappa shape index (κ2) is 6.28. The largest absolute Gasteiger partial charge is 0.312 e. The van der Waals surface area contributed by atoms with E-state index in [9.17, 15) is 10.1 Å². The van der Waals surface area contributed by atoms with Crippen LogP contribution in [-0.2, 0) is 6.54 Å². The van der Waals surface area contributed by atoms with Crippen molar-refractivity contribution in [2.75, 3.05) is 12.3 Å². The Morgan fingerprint density at radius 3 is 2.81 bits per heavy atom. The number of nitrogens with one attached hydrogen (secondary N) is 1. The van der Waals surface area contributed by atoms with Gasteiger partial charge in [0.25, 0.3) is 5.69 Å². The van der Waals surface area contributed by atoms with Crippen LogP contribution in [-0.4, -0.2) is 17.2 Å². The zero-order chi connectivity index (χ0) is 14.7. The third-order valence-electron chi connectivity index (χ3n) is 3.69. The number of fused-ring (bicyclic) bond motifs is 1. The van der Waals surface area contributed by atoms with Gasteiger partial charge in [-0.05, 0) is 11.6 Å². The van der Waals surface area contributed by atoms with E-state index in [2.05, 4.69) is 29.6 Å². The lowest BCUT2D eigenvalue weighted by atomic mass is 10.0. The number of benzene rings is 2. The number of para-hydroxylation sites is 1. The summed E-state index contributed by atoms with van der Waals surface area (Å²) in [5, 5.41) is 14.3. The third-order valence-corrected chi connectivity index (χ3v) is 4.95. The summed E-state index contributed by atoms with van der Waals surface area (Å²) in [6.45, 7) is 1.37. The first-order valence-corrected chi connectivity index (χ1v) is 7.89. The van der Waals surface area contributed by atoms with Crippen molar-refractivity contribution in [3.63, 3.8) is 0 Å². The predicted octanol–water partition coefficient (Wildman–Crippen LogP) is 3.57. The SMILES string of the molecule is O=[N+]([O-])c1ccccc1CNCC1CSc2ccccc21. The molecule has 0 bridgehead atoms. The standard InChI is InChI=1S/C16H16N2O2S/c19-18(20)15-7-3-1-5-12(15)9-17-10-13-11-21-16-8-4-2-6-14(13)16/h1-8,13,17H,9-11H2. The number of nitro groups is 1. The first-order valence-electron chi connectivity index (χ1n) is 6.90. The number of hydrogen-bond acceptors (Lipinski definition) is 4. The Kier molecular flexibility index (Phi) is 4.22. The summed E-state index contributed by atoms with van der Waals surface area (Å²) >= 11 is 1.88. The first-order chi connectivity index (χ1) is 10.3. The van der Waals surface area contributed by atoms with Gasteiger partial charge in [0.2, 0.25) is 0 Å². The van der Waals surface area contributed by atoms with Crippen molar-refractivity contribution in [2.24, 2.45) is 0 Å². The lowest BCUT2D eigenvalue weighted by Gasteiger charge is -2.12. The Morgan fingerprint density at radius 1 is 1.19 bits per heavy atom. The van der Waals surface area contributed by atoms with Gasteiger partial charge in [0.1, 0.15) is 0 Å². The predicted molar refractivity (Wildman–Crippen MR) is 84.7 cm³/mol. The molecule has 21 heavy (non-hydrogen) atoms. The van der Waals surface area contributed by atoms with Gasteiger partial charge < -0.3 is 5.32 Å². The highest BCUT2D eigenvalue weighted by atomic mass is 32.2. The molecule has 1 atom stereocenters. The van der Waals surface area contributed by atoms with Crippen LogP contribution < -0.4 is 5.32 Å². The topological polar surface area (TPSA) is 55.2 Å². The van der Waals surface area contributed by atoms with E-state index in [1.54, 1.807) is 12.1 Å². The maximum Gasteiger partial charge on any atom is 0.273 e. The number of nitrogens with zero attached hydrogens (tertiary/aromatic N) is 1. The Labute approximate surface area is 127 Å². The number of rotatable bonds is 5. The summed E-state index contributed by atoms with van der Waals surface area (Å²) < 4.78 is 0. The molecule has 0 aromatic heterocycles. The summed E-state index contributed by atoms with van der Waals surface area (Å²) in [4.78, 5) is 12.0. The van der Waals surface area contributed by atoms with Crippen LogP contribution in [0.25, 0.3) is 0 Å². The highest BCUT2D eigenvalue weighted by Crippen LogP contribution is 2.38. The summed E-state index contributed by atoms with van der Waals surface area (Å²) in [5.41, 5.74) is 2.31. The van der Waals surface area contributed by atoms with Gasteiger partial charge in [-0.25, -0.2) is 0 Å². The van der Waals surface area contributed by atoms with Crippen molar-refractivity contribution in [3.05, 3.63) is 69.8 Å². The van der Waals surface area contributed by atoms with Gasteiger partial charge in [-0.3, -0.25) is 10.1 Å². The lowest BCUT2D eigenvalue weighted by Crippen LogP contribution is -2.21. The molecule has 2 aromatic carbocycles. The molecule has 0 saturated heterocycles. The fourth-order valence-corrected chi connectivity index (χ4v) is 3.87. The highest BCUT2D eigenvalue weighted by molar-refractivity contribution is 7.99. The van der Waals surface area contributed by atoms with E-state index in [0.29, 0.717) is 12.5 Å². The zero-order valence-electron chi connectivity index (χ0n) is 11.5. The number of nitro benzene ring substituents is 1. The van der Waals surface area contributed by atoms with Crippen molar-refractivity contribution >= 4 is 17.4 Å². The van der Waals surface area contributed by atoms with Crippen LogP contribution in [0.5, 0.6) is 0 Å². The Morgan fingerprint density at radius 2 is 1.95 bits per heavy atom. The van der Waals surface area contributed by atoms with Crippen molar-refractivity contribution in [3.8, 4) is 0 Å². The summed E-state index contributed by atoms with van der Waals surface area (Å²) in [5.74, 6) is 1.55. The van der Waals surface area contributed by atoms with Gasteiger partial charge in [-0.1, -0.05) is 36.4 Å². The van der Waals surface area contributed by atoms with E-state index in [4.69, 9.17) is 0 Å². The third kappa shape index (κ3) is 3.09. The van der Waals surface area contributed by atoms with Crippen molar-refractivity contribution in [1.29, 1.82) is 0 Å². The van der Waals surface area contributed by atoms with E-state index < -0.39 is 0 Å². The fourth-order valence-electron chi connectivity index (χ4n) is 2.62. The molecule has 1 aliphatic heterocycles. The van der Waals surface area contributed by atoms with Gasteiger partial charge in [0.05, 0.1) is 4.92 Å². The van der Waals surface area contributed by atoms with Gasteiger partial charge in [-0.2, -0.15) is 0 Å². The van der Waals surface area contributed by atoms with Gasteiger partial charge in [0, 0.05) is 41.3 Å². The molecule has 1 unspecified atom stereocenters. The Hall–Kier alpha value is -1.85. The molecule has 0 fully saturated rings. The lowest BCUT2D eigenvalue weighted by molar-refractivity contribution is -0.385. The fraction of sp³-hybridized carbons (Fsp3) is 0.250. The van der Waals surface area contributed by atoms with Gasteiger partial charge in [0.15, 0.2) is 0 Å². The molecule has 4 nitrogen and oxygen atoms in total. The van der Waals surface area contributed by atoms with Crippen LogP contribution in [0.3, 0.4) is 0 Å². The molecule has 2 aromatic rings. The second-order valence-corrected chi connectivity index (χ2v) is 6.12. The normalized spacial score (nSPS) is 16.7. The van der Waals surface area contributed by atoms with Crippen LogP contribution in [0.15, 0.2) is 53.4 Å². The summed E-state index contributed by atoms with van der Waals surface area (Å²) in [6, 6.07) is 15.4. The molecule has 3 rings (SSSR count). The molecule has 1 aliphatic rings. The molecule has 108 valence electrons. The quantitative estimate of drug-likeness (QED) is 0.677. The monoisotopic (exact) mass is 300 g/mol. The molecule has 1 N–H and O–H groups in total. The van der Waals surface area contributed by atoms with Gasteiger partial charge >= 0.3 is 0 Å².